The first-order valence-corrected chi connectivity index (χ1v) is 16.6. The Hall–Kier alpha value is -5.59. The first-order valence-electron chi connectivity index (χ1n) is 16.6. The van der Waals surface area contributed by atoms with Gasteiger partial charge in [0.1, 0.15) is 11.8 Å². The minimum Gasteiger partial charge on any atom is -0.495 e. The normalized spacial score (nSPS) is 16.1. The van der Waals surface area contributed by atoms with Crippen molar-refractivity contribution in [3.05, 3.63) is 174 Å². The number of aromatic nitrogens is 1. The third-order valence-electron chi connectivity index (χ3n) is 10.2. The molecule has 6 nitrogen and oxygen atoms in total. The lowest BCUT2D eigenvalue weighted by Crippen LogP contribution is -2.51. The Morgan fingerprint density at radius 1 is 0.776 bits per heavy atom. The Balaban J connectivity index is 1.33. The van der Waals surface area contributed by atoms with Crippen molar-refractivity contribution in [1.82, 2.24) is 9.88 Å². The molecular formula is C43H39N3O3. The summed E-state index contributed by atoms with van der Waals surface area (Å²) in [4.78, 5) is 34.5. The van der Waals surface area contributed by atoms with E-state index in [4.69, 9.17) is 4.74 Å². The number of fused-ring (bicyclic) bond motifs is 1. The van der Waals surface area contributed by atoms with Gasteiger partial charge >= 0.3 is 0 Å². The van der Waals surface area contributed by atoms with Gasteiger partial charge in [0.05, 0.1) is 30.9 Å². The molecule has 0 spiro atoms. The van der Waals surface area contributed by atoms with Gasteiger partial charge in [-0.15, -0.1) is 0 Å². The molecule has 1 atom stereocenters. The molecule has 0 saturated carbocycles. The summed E-state index contributed by atoms with van der Waals surface area (Å²) in [5, 5.41) is 0.998. The number of pyridine rings is 1. The molecule has 5 aromatic carbocycles. The first kappa shape index (κ1) is 32.0. The molecule has 1 aromatic heterocycles. The molecule has 0 amide bonds. The molecule has 0 bridgehead atoms. The van der Waals surface area contributed by atoms with E-state index in [1.807, 2.05) is 56.3 Å². The van der Waals surface area contributed by atoms with Crippen LogP contribution in [-0.4, -0.2) is 47.3 Å². The van der Waals surface area contributed by atoms with Gasteiger partial charge in [-0.2, -0.15) is 0 Å². The second kappa shape index (κ2) is 13.1. The predicted octanol–water partition coefficient (Wildman–Crippen LogP) is 7.82. The minimum absolute atomic E-state index is 0.442. The minimum atomic E-state index is -0.683. The number of nitrogens with zero attached hydrogens (tertiary/aromatic N) is 3. The molecule has 0 N–H and O–H groups in total. The fraction of sp³-hybridized carbons (Fsp3) is 0.186. The highest BCUT2D eigenvalue weighted by Crippen LogP contribution is 2.46. The van der Waals surface area contributed by atoms with E-state index >= 15 is 0 Å². The fourth-order valence-corrected chi connectivity index (χ4v) is 7.73. The van der Waals surface area contributed by atoms with Crippen LogP contribution in [0.25, 0.3) is 10.9 Å². The van der Waals surface area contributed by atoms with Gasteiger partial charge in [-0.1, -0.05) is 121 Å². The van der Waals surface area contributed by atoms with Crippen LogP contribution in [0.5, 0.6) is 5.75 Å². The Morgan fingerprint density at radius 3 is 1.82 bits per heavy atom. The number of carbonyl (C=O) groups is 2. The third-order valence-corrected chi connectivity index (χ3v) is 10.2. The predicted molar refractivity (Wildman–Crippen MR) is 195 cm³/mol. The van der Waals surface area contributed by atoms with Gasteiger partial charge in [-0.3, -0.25) is 19.5 Å². The highest BCUT2D eigenvalue weighted by atomic mass is 16.5. The maximum Gasteiger partial charge on any atom is 0.219 e. The monoisotopic (exact) mass is 645 g/mol. The summed E-state index contributed by atoms with van der Waals surface area (Å²) in [7, 11) is 1.65. The summed E-state index contributed by atoms with van der Waals surface area (Å²) in [6.07, 6.45) is 2.22. The summed E-state index contributed by atoms with van der Waals surface area (Å²) >= 11 is 0. The van der Waals surface area contributed by atoms with Crippen LogP contribution < -0.4 is 9.64 Å². The number of hydrogen-bond acceptors (Lipinski definition) is 6. The average molecular weight is 646 g/mol. The standard InChI is InChI=1S/C43H39N3O3/c1-42(2)41(39(48)29-47)46(30-45(42)28-37-36-21-13-14-22-38(36)44-27-40(37)49-3)35-25-23-34(24-26-35)43(31-15-7-4-8-16-31,32-17-9-5-10-18-32)33-19-11-6-12-20-33/h4-27,29,41H,28,30H2,1-3H3. The quantitative estimate of drug-likeness (QED) is 0.0860. The topological polar surface area (TPSA) is 62.7 Å². The van der Waals surface area contributed by atoms with Gasteiger partial charge in [0, 0.05) is 28.7 Å². The number of carbonyl (C=O) groups excluding carboxylic acids is 2. The van der Waals surface area contributed by atoms with E-state index in [1.54, 1.807) is 13.3 Å². The Labute approximate surface area is 287 Å². The van der Waals surface area contributed by atoms with Crippen molar-refractivity contribution in [3.8, 4) is 5.75 Å². The Kier molecular flexibility index (Phi) is 8.57. The van der Waals surface area contributed by atoms with E-state index in [-0.39, 0.29) is 0 Å². The Morgan fingerprint density at radius 2 is 1.29 bits per heavy atom. The summed E-state index contributed by atoms with van der Waals surface area (Å²) in [6, 6.07) is 47.6. The van der Waals surface area contributed by atoms with E-state index in [0.29, 0.717) is 25.2 Å². The number of anilines is 1. The van der Waals surface area contributed by atoms with Gasteiger partial charge in [0.15, 0.2) is 6.29 Å². The van der Waals surface area contributed by atoms with E-state index in [1.165, 1.54) is 0 Å². The van der Waals surface area contributed by atoms with E-state index < -0.39 is 22.8 Å². The summed E-state index contributed by atoms with van der Waals surface area (Å²) < 4.78 is 5.77. The van der Waals surface area contributed by atoms with E-state index in [2.05, 4.69) is 112 Å². The van der Waals surface area contributed by atoms with Gasteiger partial charge in [-0.05, 0) is 54.3 Å². The lowest BCUT2D eigenvalue weighted by molar-refractivity contribution is -0.131. The van der Waals surface area contributed by atoms with Crippen LogP contribution in [0.2, 0.25) is 0 Å². The number of benzene rings is 5. The van der Waals surface area contributed by atoms with Crippen LogP contribution in [0.1, 0.15) is 41.7 Å². The average Bonchev–Trinajstić information content (AvgIpc) is 3.42. The molecule has 1 fully saturated rings. The summed E-state index contributed by atoms with van der Waals surface area (Å²) in [5.74, 6) is 0.241. The third kappa shape index (κ3) is 5.48. The number of Topliss-reactive ketones (excluding diaryl/α,β-unsaturated/α-hetero) is 1. The zero-order valence-electron chi connectivity index (χ0n) is 28.0. The van der Waals surface area contributed by atoms with Crippen molar-refractivity contribution in [2.45, 2.75) is 37.4 Å². The summed E-state index contributed by atoms with van der Waals surface area (Å²) in [6.45, 7) is 5.02. The van der Waals surface area contributed by atoms with E-state index in [0.717, 1.165) is 44.4 Å². The number of rotatable bonds is 10. The summed E-state index contributed by atoms with van der Waals surface area (Å²) in [5.41, 5.74) is 6.04. The van der Waals surface area contributed by atoms with Crippen molar-refractivity contribution in [1.29, 1.82) is 0 Å². The molecule has 6 aromatic rings. The molecule has 6 heteroatoms. The molecule has 1 unspecified atom stereocenters. The van der Waals surface area contributed by atoms with Gasteiger partial charge in [0.2, 0.25) is 5.78 Å². The van der Waals surface area contributed by atoms with Crippen molar-refractivity contribution < 1.29 is 14.3 Å². The Bertz CT molecular complexity index is 1980. The zero-order valence-corrected chi connectivity index (χ0v) is 28.0. The van der Waals surface area contributed by atoms with Crippen molar-refractivity contribution in [2.75, 3.05) is 18.7 Å². The van der Waals surface area contributed by atoms with Gasteiger partial charge in [-0.25, -0.2) is 0 Å². The smallest absolute Gasteiger partial charge is 0.219 e. The number of aldehydes is 1. The molecular weight excluding hydrogens is 606 g/mol. The largest absolute Gasteiger partial charge is 0.495 e. The molecule has 7 rings (SSSR count). The highest BCUT2D eigenvalue weighted by molar-refractivity contribution is 6.29. The van der Waals surface area contributed by atoms with Gasteiger partial charge < -0.3 is 9.64 Å². The number of ether oxygens (including phenoxy) is 1. The van der Waals surface area contributed by atoms with E-state index in [9.17, 15) is 9.59 Å². The van der Waals surface area contributed by atoms with Gasteiger partial charge in [0.25, 0.3) is 0 Å². The lowest BCUT2D eigenvalue weighted by Gasteiger charge is -2.37. The molecule has 244 valence electrons. The lowest BCUT2D eigenvalue weighted by atomic mass is 9.65. The second-order valence-electron chi connectivity index (χ2n) is 13.1. The maximum atomic E-state index is 13.5. The highest BCUT2D eigenvalue weighted by Gasteiger charge is 2.50. The van der Waals surface area contributed by atoms with Crippen LogP contribution in [0, 0.1) is 0 Å². The van der Waals surface area contributed by atoms with Crippen LogP contribution >= 0.6 is 0 Å². The van der Waals surface area contributed by atoms with Crippen LogP contribution in [0.15, 0.2) is 146 Å². The number of para-hydroxylation sites is 1. The molecule has 2 heterocycles. The molecule has 0 aliphatic carbocycles. The van der Waals surface area contributed by atoms with Crippen molar-refractivity contribution >= 4 is 28.7 Å². The van der Waals surface area contributed by atoms with Crippen LogP contribution in [0.3, 0.4) is 0 Å². The van der Waals surface area contributed by atoms with Crippen molar-refractivity contribution in [2.24, 2.45) is 0 Å². The molecule has 1 saturated heterocycles. The maximum absolute atomic E-state index is 13.5. The van der Waals surface area contributed by atoms with Crippen LogP contribution in [-0.2, 0) is 21.5 Å². The number of methoxy groups -OCH3 is 1. The fourth-order valence-electron chi connectivity index (χ4n) is 7.73. The molecule has 1 aliphatic rings. The molecule has 0 radical (unpaired) electrons. The SMILES string of the molecule is COc1cnc2ccccc2c1CN1CN(c2ccc(C(c3ccccc3)(c3ccccc3)c3ccccc3)cc2)C(C(=O)C=O)C1(C)C. The number of ketones is 1. The second-order valence-corrected chi connectivity index (χ2v) is 13.1. The molecule has 1 aliphatic heterocycles. The van der Waals surface area contributed by atoms with Crippen molar-refractivity contribution in [3.63, 3.8) is 0 Å². The van der Waals surface area contributed by atoms with Crippen LogP contribution in [0.4, 0.5) is 5.69 Å². The molecule has 49 heavy (non-hydrogen) atoms. The first-order chi connectivity index (χ1) is 23.9. The zero-order chi connectivity index (χ0) is 34.0. The number of hydrogen-bond donors (Lipinski definition) is 0.